The Balaban J connectivity index is 1.91. The zero-order valence-corrected chi connectivity index (χ0v) is 16.6. The zero-order valence-electron chi connectivity index (χ0n) is 16.6. The van der Waals surface area contributed by atoms with Gasteiger partial charge in [-0.3, -0.25) is 14.9 Å². The molecular weight excluding hydrogens is 388 g/mol. The van der Waals surface area contributed by atoms with Gasteiger partial charge in [0.15, 0.2) is 6.10 Å². The maximum Gasteiger partial charge on any atom is 0.344 e. The highest BCUT2D eigenvalue weighted by molar-refractivity contribution is 6.39. The number of carbonyl (C=O) groups excluding carboxylic acids is 3. The molecule has 1 heterocycles. The Bertz CT molecular complexity index is 1070. The topological polar surface area (TPSA) is 113 Å². The van der Waals surface area contributed by atoms with Crippen molar-refractivity contribution in [2.24, 2.45) is 0 Å². The van der Waals surface area contributed by atoms with Gasteiger partial charge in [0.25, 0.3) is 11.8 Å². The standard InChI is InChI=1S/C22H20N2O6/c1-12-5-4-6-18(13(12)2)24-20(26)17(19(25)23-22(24)29)11-15-7-9-16(10-8-15)30-14(3)21(27)28/h4-11,14H,1-3H3,(H,27,28)(H,23,25,29)/b17-11-/t14-/m1/s1. The van der Waals surface area contributed by atoms with Crippen LogP contribution in [0.15, 0.2) is 48.0 Å². The minimum Gasteiger partial charge on any atom is -0.479 e. The van der Waals surface area contributed by atoms with Gasteiger partial charge in [0.1, 0.15) is 11.3 Å². The molecule has 1 fully saturated rings. The molecular formula is C22H20N2O6. The third-order valence-electron chi connectivity index (χ3n) is 4.77. The van der Waals surface area contributed by atoms with Gasteiger partial charge in [0.05, 0.1) is 5.69 Å². The van der Waals surface area contributed by atoms with Crippen LogP contribution >= 0.6 is 0 Å². The number of aliphatic carboxylic acids is 1. The summed E-state index contributed by atoms with van der Waals surface area (Å²) in [6.07, 6.45) is 0.351. The smallest absolute Gasteiger partial charge is 0.344 e. The maximum atomic E-state index is 13.0. The predicted molar refractivity (Wildman–Crippen MR) is 109 cm³/mol. The van der Waals surface area contributed by atoms with Crippen LogP contribution in [0.25, 0.3) is 6.08 Å². The molecule has 154 valence electrons. The van der Waals surface area contributed by atoms with Gasteiger partial charge < -0.3 is 9.84 Å². The number of aryl methyl sites for hydroxylation is 1. The van der Waals surface area contributed by atoms with Gasteiger partial charge in [-0.1, -0.05) is 24.3 Å². The van der Waals surface area contributed by atoms with Crippen molar-refractivity contribution in [3.05, 3.63) is 64.7 Å². The first-order valence-electron chi connectivity index (χ1n) is 9.16. The number of hydrogen-bond acceptors (Lipinski definition) is 5. The van der Waals surface area contributed by atoms with E-state index in [2.05, 4.69) is 5.32 Å². The third-order valence-corrected chi connectivity index (χ3v) is 4.77. The minimum atomic E-state index is -1.10. The van der Waals surface area contributed by atoms with Gasteiger partial charge in [-0.2, -0.15) is 0 Å². The van der Waals surface area contributed by atoms with Crippen molar-refractivity contribution in [1.29, 1.82) is 0 Å². The van der Waals surface area contributed by atoms with Crippen LogP contribution in [0.2, 0.25) is 0 Å². The van der Waals surface area contributed by atoms with Gasteiger partial charge in [-0.25, -0.2) is 14.5 Å². The number of rotatable bonds is 5. The summed E-state index contributed by atoms with van der Waals surface area (Å²) in [5.41, 5.74) is 2.38. The molecule has 1 aliphatic rings. The van der Waals surface area contributed by atoms with Crippen molar-refractivity contribution in [3.8, 4) is 5.75 Å². The average Bonchev–Trinajstić information content (AvgIpc) is 2.69. The van der Waals surface area contributed by atoms with Crippen LogP contribution in [0.3, 0.4) is 0 Å². The Hall–Kier alpha value is -3.94. The molecule has 0 aliphatic carbocycles. The van der Waals surface area contributed by atoms with E-state index < -0.39 is 29.9 Å². The number of urea groups is 1. The summed E-state index contributed by atoms with van der Waals surface area (Å²) in [6, 6.07) is 10.7. The van der Waals surface area contributed by atoms with Gasteiger partial charge >= 0.3 is 12.0 Å². The molecule has 2 aromatic carbocycles. The summed E-state index contributed by atoms with van der Waals surface area (Å²) in [5, 5.41) is 11.1. The van der Waals surface area contributed by atoms with Crippen molar-refractivity contribution < 1.29 is 29.0 Å². The number of barbiturate groups is 1. The van der Waals surface area contributed by atoms with E-state index in [0.29, 0.717) is 17.0 Å². The van der Waals surface area contributed by atoms with Gasteiger partial charge in [-0.15, -0.1) is 0 Å². The van der Waals surface area contributed by atoms with Crippen molar-refractivity contribution in [2.75, 3.05) is 4.90 Å². The summed E-state index contributed by atoms with van der Waals surface area (Å²) in [7, 11) is 0. The highest BCUT2D eigenvalue weighted by atomic mass is 16.5. The molecule has 1 atom stereocenters. The number of amides is 4. The number of anilines is 1. The predicted octanol–water partition coefficient (Wildman–Crippen LogP) is 2.82. The molecule has 2 N–H and O–H groups in total. The lowest BCUT2D eigenvalue weighted by Crippen LogP contribution is -2.54. The van der Waals surface area contributed by atoms with Crippen LogP contribution in [0.4, 0.5) is 10.5 Å². The molecule has 8 nitrogen and oxygen atoms in total. The number of imide groups is 2. The lowest BCUT2D eigenvalue weighted by molar-refractivity contribution is -0.144. The Kier molecular flexibility index (Phi) is 5.68. The number of carboxylic acid groups (broad SMARTS) is 1. The monoisotopic (exact) mass is 408 g/mol. The first-order chi connectivity index (χ1) is 14.2. The number of carboxylic acids is 1. The normalized spacial score (nSPS) is 16.4. The highest BCUT2D eigenvalue weighted by Crippen LogP contribution is 2.27. The molecule has 8 heteroatoms. The molecule has 0 unspecified atom stereocenters. The quantitative estimate of drug-likeness (QED) is 0.581. The molecule has 0 radical (unpaired) electrons. The zero-order chi connectivity index (χ0) is 22.0. The highest BCUT2D eigenvalue weighted by Gasteiger charge is 2.37. The molecule has 1 saturated heterocycles. The van der Waals surface area contributed by atoms with Crippen LogP contribution in [0.5, 0.6) is 5.75 Å². The largest absolute Gasteiger partial charge is 0.479 e. The van der Waals surface area contributed by atoms with E-state index >= 15 is 0 Å². The van der Waals surface area contributed by atoms with Crippen molar-refractivity contribution in [3.63, 3.8) is 0 Å². The first kappa shape index (κ1) is 20.8. The summed E-state index contributed by atoms with van der Waals surface area (Å²) in [5.74, 6) is -2.27. The van der Waals surface area contributed by atoms with Crippen molar-refractivity contribution in [2.45, 2.75) is 26.9 Å². The molecule has 0 spiro atoms. The van der Waals surface area contributed by atoms with Crippen LogP contribution in [0, 0.1) is 13.8 Å². The number of nitrogens with one attached hydrogen (secondary N) is 1. The Morgan fingerprint density at radius 1 is 1.10 bits per heavy atom. The van der Waals surface area contributed by atoms with Gasteiger partial charge in [-0.05, 0) is 61.7 Å². The van der Waals surface area contributed by atoms with E-state index in [-0.39, 0.29) is 5.57 Å². The third kappa shape index (κ3) is 4.07. The Morgan fingerprint density at radius 3 is 2.40 bits per heavy atom. The van der Waals surface area contributed by atoms with Crippen LogP contribution in [0.1, 0.15) is 23.6 Å². The van der Waals surface area contributed by atoms with E-state index in [0.717, 1.165) is 16.0 Å². The number of nitrogens with zero attached hydrogens (tertiary/aromatic N) is 1. The van der Waals surface area contributed by atoms with Crippen LogP contribution in [-0.2, 0) is 14.4 Å². The fourth-order valence-electron chi connectivity index (χ4n) is 2.92. The molecule has 0 saturated carbocycles. The van der Waals surface area contributed by atoms with Gasteiger partial charge in [0.2, 0.25) is 0 Å². The number of carbonyl (C=O) groups is 4. The van der Waals surface area contributed by atoms with E-state index in [4.69, 9.17) is 9.84 Å². The fraction of sp³-hybridized carbons (Fsp3) is 0.182. The second-order valence-corrected chi connectivity index (χ2v) is 6.84. The van der Waals surface area contributed by atoms with E-state index in [1.807, 2.05) is 13.0 Å². The lowest BCUT2D eigenvalue weighted by atomic mass is 10.0. The second kappa shape index (κ2) is 8.20. The number of ether oxygens (including phenoxy) is 1. The van der Waals surface area contributed by atoms with E-state index in [9.17, 15) is 19.2 Å². The van der Waals surface area contributed by atoms with Crippen molar-refractivity contribution >= 4 is 35.6 Å². The Labute approximate surface area is 172 Å². The molecule has 2 aromatic rings. The molecule has 0 aromatic heterocycles. The van der Waals surface area contributed by atoms with E-state index in [1.165, 1.54) is 25.1 Å². The fourth-order valence-corrected chi connectivity index (χ4v) is 2.92. The van der Waals surface area contributed by atoms with Crippen molar-refractivity contribution in [1.82, 2.24) is 5.32 Å². The Morgan fingerprint density at radius 2 is 1.77 bits per heavy atom. The molecule has 4 amide bonds. The van der Waals surface area contributed by atoms with E-state index in [1.54, 1.807) is 31.2 Å². The second-order valence-electron chi connectivity index (χ2n) is 6.84. The first-order valence-corrected chi connectivity index (χ1v) is 9.16. The number of benzene rings is 2. The summed E-state index contributed by atoms with van der Waals surface area (Å²) < 4.78 is 5.26. The molecule has 0 bridgehead atoms. The van der Waals surface area contributed by atoms with Gasteiger partial charge in [0, 0.05) is 0 Å². The average molecular weight is 408 g/mol. The maximum absolute atomic E-state index is 13.0. The van der Waals surface area contributed by atoms with Crippen LogP contribution in [-0.4, -0.2) is 35.0 Å². The summed E-state index contributed by atoms with van der Waals surface area (Å²) in [6.45, 7) is 5.06. The molecule has 1 aliphatic heterocycles. The summed E-state index contributed by atoms with van der Waals surface area (Å²) >= 11 is 0. The summed E-state index contributed by atoms with van der Waals surface area (Å²) in [4.78, 5) is 49.5. The lowest BCUT2D eigenvalue weighted by Gasteiger charge is -2.28. The molecule has 3 rings (SSSR count). The van der Waals surface area contributed by atoms with Crippen LogP contribution < -0.4 is 15.0 Å². The minimum absolute atomic E-state index is 0.192. The molecule has 30 heavy (non-hydrogen) atoms. The number of hydrogen-bond donors (Lipinski definition) is 2. The SMILES string of the molecule is Cc1cccc(N2C(=O)NC(=O)/C(=C/c3ccc(O[C@H](C)C(=O)O)cc3)C2=O)c1C.